The van der Waals surface area contributed by atoms with Gasteiger partial charge >= 0.3 is 0 Å². The number of nitrogens with zero attached hydrogens (tertiary/aromatic N) is 2. The number of piperidine rings is 1. The van der Waals surface area contributed by atoms with Gasteiger partial charge in [0.05, 0.1) is 0 Å². The Morgan fingerprint density at radius 3 is 2.90 bits per heavy atom. The first-order chi connectivity index (χ1) is 10.3. The van der Waals surface area contributed by atoms with E-state index in [1.807, 2.05) is 16.8 Å². The molecule has 21 heavy (non-hydrogen) atoms. The molecule has 0 saturated carbocycles. The number of aromatic nitrogens is 2. The van der Waals surface area contributed by atoms with Gasteiger partial charge in [-0.05, 0) is 50.2 Å². The summed E-state index contributed by atoms with van der Waals surface area (Å²) in [6.07, 6.45) is 5.47. The lowest BCUT2D eigenvalue weighted by Gasteiger charge is -2.25. The Balaban J connectivity index is 1.79. The van der Waals surface area contributed by atoms with Crippen molar-refractivity contribution in [3.05, 3.63) is 42.4 Å². The summed E-state index contributed by atoms with van der Waals surface area (Å²) in [4.78, 5) is 16.4. The van der Waals surface area contributed by atoms with Gasteiger partial charge in [0.2, 0.25) is 0 Å². The average molecular weight is 286 g/mol. The van der Waals surface area contributed by atoms with Crippen molar-refractivity contribution in [2.45, 2.75) is 18.9 Å². The van der Waals surface area contributed by atoms with Crippen LogP contribution < -0.4 is 10.6 Å². The lowest BCUT2D eigenvalue weighted by molar-refractivity contribution is 0.101. The molecule has 6 heteroatoms. The first kappa shape index (κ1) is 13.6. The molecule has 3 heterocycles. The summed E-state index contributed by atoms with van der Waals surface area (Å²) in [5.41, 5.74) is 0.590. The summed E-state index contributed by atoms with van der Waals surface area (Å²) in [5, 5.41) is 15.7. The molecular weight excluding hydrogens is 268 g/mol. The lowest BCUT2D eigenvalue weighted by Crippen LogP contribution is -2.31. The second-order valence-electron chi connectivity index (χ2n) is 5.11. The van der Waals surface area contributed by atoms with Crippen molar-refractivity contribution in [2.75, 3.05) is 18.4 Å². The van der Waals surface area contributed by atoms with Crippen LogP contribution in [-0.2, 0) is 0 Å². The van der Waals surface area contributed by atoms with E-state index < -0.39 is 0 Å². The second-order valence-corrected chi connectivity index (χ2v) is 5.11. The van der Waals surface area contributed by atoms with Crippen LogP contribution in [0.4, 0.5) is 5.82 Å². The molecule has 0 aromatic carbocycles. The first-order valence-electron chi connectivity index (χ1n) is 7.08. The fourth-order valence-electron chi connectivity index (χ4n) is 2.65. The van der Waals surface area contributed by atoms with Crippen molar-refractivity contribution in [1.29, 1.82) is 0 Å². The molecular formula is C15H18N4O2. The molecule has 110 valence electrons. The van der Waals surface area contributed by atoms with Crippen LogP contribution in [0.1, 0.15) is 29.4 Å². The number of pyridine rings is 1. The van der Waals surface area contributed by atoms with Gasteiger partial charge in [-0.3, -0.25) is 4.79 Å². The molecule has 1 aliphatic rings. The fourth-order valence-corrected chi connectivity index (χ4v) is 2.65. The van der Waals surface area contributed by atoms with Crippen LogP contribution in [0.25, 0.3) is 0 Å². The Labute approximate surface area is 122 Å². The maximum absolute atomic E-state index is 12.4. The van der Waals surface area contributed by atoms with Crippen LogP contribution in [0.15, 0.2) is 36.7 Å². The second kappa shape index (κ2) is 5.97. The molecule has 1 saturated heterocycles. The van der Waals surface area contributed by atoms with E-state index in [4.69, 9.17) is 0 Å². The Kier molecular flexibility index (Phi) is 3.87. The number of rotatable bonds is 3. The number of carbonyl (C=O) groups excluding carboxylic acids is 1. The normalized spacial score (nSPS) is 15.8. The van der Waals surface area contributed by atoms with Crippen molar-refractivity contribution in [2.24, 2.45) is 0 Å². The molecule has 0 bridgehead atoms. The Morgan fingerprint density at radius 2 is 2.14 bits per heavy atom. The molecule has 0 radical (unpaired) electrons. The first-order valence-corrected chi connectivity index (χ1v) is 7.08. The minimum atomic E-state index is -0.257. The highest BCUT2D eigenvalue weighted by Gasteiger charge is 2.20. The fraction of sp³-hybridized carbons (Fsp3) is 0.333. The Morgan fingerprint density at radius 1 is 1.33 bits per heavy atom. The molecule has 0 atom stereocenters. The Bertz CT molecular complexity index is 632. The van der Waals surface area contributed by atoms with Crippen LogP contribution in [0, 0.1) is 0 Å². The van der Waals surface area contributed by atoms with Gasteiger partial charge in [0.25, 0.3) is 5.91 Å². The summed E-state index contributed by atoms with van der Waals surface area (Å²) in [7, 11) is 0. The molecule has 2 aromatic heterocycles. The van der Waals surface area contributed by atoms with Gasteiger partial charge in [-0.25, -0.2) is 4.98 Å². The molecule has 0 spiro atoms. The SMILES string of the molecule is O=C(Nc1ncccc1O)c1cccn1C1CCNCC1. The van der Waals surface area contributed by atoms with E-state index in [1.165, 1.54) is 12.3 Å². The highest BCUT2D eigenvalue weighted by Crippen LogP contribution is 2.23. The number of nitrogens with one attached hydrogen (secondary N) is 2. The van der Waals surface area contributed by atoms with Gasteiger partial charge in [-0.15, -0.1) is 0 Å². The van der Waals surface area contributed by atoms with E-state index in [9.17, 15) is 9.90 Å². The minimum absolute atomic E-state index is 0.0363. The van der Waals surface area contributed by atoms with Gasteiger partial charge in [0.15, 0.2) is 11.6 Å². The minimum Gasteiger partial charge on any atom is -0.504 e. The van der Waals surface area contributed by atoms with Crippen LogP contribution >= 0.6 is 0 Å². The topological polar surface area (TPSA) is 79.2 Å². The van der Waals surface area contributed by atoms with Crippen molar-refractivity contribution in [1.82, 2.24) is 14.9 Å². The predicted molar refractivity (Wildman–Crippen MR) is 79.4 cm³/mol. The third-order valence-corrected chi connectivity index (χ3v) is 3.73. The van der Waals surface area contributed by atoms with Gasteiger partial charge in [0.1, 0.15) is 5.69 Å². The van der Waals surface area contributed by atoms with Crippen molar-refractivity contribution in [3.63, 3.8) is 0 Å². The summed E-state index contributed by atoms with van der Waals surface area (Å²) < 4.78 is 2.01. The average Bonchev–Trinajstić information content (AvgIpc) is 3.00. The van der Waals surface area contributed by atoms with Crippen LogP contribution in [0.3, 0.4) is 0 Å². The van der Waals surface area contributed by atoms with Crippen LogP contribution in [0.5, 0.6) is 5.75 Å². The summed E-state index contributed by atoms with van der Waals surface area (Å²) in [5.74, 6) is -0.112. The number of hydrogen-bond donors (Lipinski definition) is 3. The van der Waals surface area contributed by atoms with E-state index in [2.05, 4.69) is 15.6 Å². The molecule has 1 aliphatic heterocycles. The maximum atomic E-state index is 12.4. The van der Waals surface area contributed by atoms with Crippen LogP contribution in [-0.4, -0.2) is 33.7 Å². The quantitative estimate of drug-likeness (QED) is 0.803. The zero-order valence-electron chi connectivity index (χ0n) is 11.6. The van der Waals surface area contributed by atoms with E-state index in [0.29, 0.717) is 11.7 Å². The van der Waals surface area contributed by atoms with Gasteiger partial charge in [-0.1, -0.05) is 0 Å². The third-order valence-electron chi connectivity index (χ3n) is 3.73. The van der Waals surface area contributed by atoms with E-state index in [-0.39, 0.29) is 17.5 Å². The number of carbonyl (C=O) groups is 1. The Hall–Kier alpha value is -2.34. The van der Waals surface area contributed by atoms with E-state index >= 15 is 0 Å². The van der Waals surface area contributed by atoms with E-state index in [0.717, 1.165) is 25.9 Å². The monoisotopic (exact) mass is 286 g/mol. The number of amides is 1. The van der Waals surface area contributed by atoms with Crippen LogP contribution in [0.2, 0.25) is 0 Å². The number of anilines is 1. The standard InChI is InChI=1S/C15H18N4O2/c20-13-4-1-7-17-14(13)18-15(21)12-3-2-10-19(12)11-5-8-16-9-6-11/h1-4,7,10-11,16,20H,5-6,8-9H2,(H,17,18,21). The number of hydrogen-bond acceptors (Lipinski definition) is 4. The van der Waals surface area contributed by atoms with Gasteiger partial charge in [-0.2, -0.15) is 0 Å². The summed E-state index contributed by atoms with van der Waals surface area (Å²) in [6.45, 7) is 1.93. The summed E-state index contributed by atoms with van der Waals surface area (Å²) >= 11 is 0. The highest BCUT2D eigenvalue weighted by molar-refractivity contribution is 6.03. The molecule has 3 rings (SSSR count). The van der Waals surface area contributed by atoms with Gasteiger partial charge in [0, 0.05) is 18.4 Å². The summed E-state index contributed by atoms with van der Waals surface area (Å²) in [6, 6.07) is 7.10. The zero-order valence-corrected chi connectivity index (χ0v) is 11.6. The maximum Gasteiger partial charge on any atom is 0.273 e. The van der Waals surface area contributed by atoms with E-state index in [1.54, 1.807) is 12.1 Å². The highest BCUT2D eigenvalue weighted by atomic mass is 16.3. The van der Waals surface area contributed by atoms with Crippen molar-refractivity contribution in [3.8, 4) is 5.75 Å². The molecule has 1 amide bonds. The molecule has 2 aromatic rings. The molecule has 3 N–H and O–H groups in total. The predicted octanol–water partition coefficient (Wildman–Crippen LogP) is 1.77. The number of aromatic hydroxyl groups is 1. The molecule has 0 aliphatic carbocycles. The lowest BCUT2D eigenvalue weighted by atomic mass is 10.1. The van der Waals surface area contributed by atoms with Crippen molar-refractivity contribution < 1.29 is 9.90 Å². The third kappa shape index (κ3) is 2.90. The largest absolute Gasteiger partial charge is 0.504 e. The molecule has 1 fully saturated rings. The molecule has 6 nitrogen and oxygen atoms in total. The van der Waals surface area contributed by atoms with Crippen molar-refractivity contribution >= 4 is 11.7 Å². The molecule has 0 unspecified atom stereocenters. The van der Waals surface area contributed by atoms with Gasteiger partial charge < -0.3 is 20.3 Å². The zero-order chi connectivity index (χ0) is 14.7. The smallest absolute Gasteiger partial charge is 0.273 e.